The summed E-state index contributed by atoms with van der Waals surface area (Å²) in [6.45, 7) is 3.28. The third-order valence-corrected chi connectivity index (χ3v) is 3.30. The van der Waals surface area contributed by atoms with E-state index in [1.54, 1.807) is 19.1 Å². The molecule has 20 heavy (non-hydrogen) atoms. The molecule has 110 valence electrons. The molecule has 0 aliphatic carbocycles. The van der Waals surface area contributed by atoms with Crippen molar-refractivity contribution >= 4 is 17.4 Å². The number of hydrogen-bond acceptors (Lipinski definition) is 3. The van der Waals surface area contributed by atoms with E-state index in [9.17, 15) is 9.18 Å². The van der Waals surface area contributed by atoms with Crippen LogP contribution in [-0.4, -0.2) is 36.9 Å². The molecule has 1 heterocycles. The summed E-state index contributed by atoms with van der Waals surface area (Å²) in [5.74, 6) is -0.333. The highest BCUT2D eigenvalue weighted by atomic mass is 19.1. The van der Waals surface area contributed by atoms with Crippen molar-refractivity contribution in [3.05, 3.63) is 24.0 Å². The lowest BCUT2D eigenvalue weighted by molar-refractivity contribution is 0.229. The summed E-state index contributed by atoms with van der Waals surface area (Å²) in [5.41, 5.74) is 0.977. The number of nitrogens with one attached hydrogen (secondary N) is 2. The molecule has 1 atom stereocenters. The average molecular weight is 281 g/mol. The maximum Gasteiger partial charge on any atom is 0.319 e. The third-order valence-electron chi connectivity index (χ3n) is 3.30. The molecule has 6 heteroatoms. The average Bonchev–Trinajstić information content (AvgIpc) is 2.92. The Bertz CT molecular complexity index is 475. The molecule has 1 aliphatic rings. The lowest BCUT2D eigenvalue weighted by atomic mass is 10.2. The minimum absolute atomic E-state index is 0.143. The van der Waals surface area contributed by atoms with Crippen molar-refractivity contribution in [2.75, 3.05) is 29.9 Å². The van der Waals surface area contributed by atoms with Gasteiger partial charge in [0.05, 0.1) is 18.3 Å². The molecular formula is C14H20FN3O2. The second kappa shape index (κ2) is 6.56. The van der Waals surface area contributed by atoms with Crippen molar-refractivity contribution < 1.29 is 14.3 Å². The molecule has 3 N–H and O–H groups in total. The molecule has 1 fully saturated rings. The maximum atomic E-state index is 14.0. The van der Waals surface area contributed by atoms with E-state index in [2.05, 4.69) is 10.6 Å². The van der Waals surface area contributed by atoms with E-state index in [0.717, 1.165) is 25.9 Å². The fourth-order valence-corrected chi connectivity index (χ4v) is 2.24. The van der Waals surface area contributed by atoms with Crippen LogP contribution in [0.5, 0.6) is 0 Å². The first kappa shape index (κ1) is 14.6. The van der Waals surface area contributed by atoms with Gasteiger partial charge in [-0.3, -0.25) is 0 Å². The zero-order valence-electron chi connectivity index (χ0n) is 11.5. The fourth-order valence-electron chi connectivity index (χ4n) is 2.24. The van der Waals surface area contributed by atoms with E-state index in [4.69, 9.17) is 5.11 Å². The van der Waals surface area contributed by atoms with E-state index in [0.29, 0.717) is 11.4 Å². The molecular weight excluding hydrogens is 261 g/mol. The van der Waals surface area contributed by atoms with Gasteiger partial charge in [-0.15, -0.1) is 0 Å². The van der Waals surface area contributed by atoms with Gasteiger partial charge in [-0.1, -0.05) is 0 Å². The second-order valence-electron chi connectivity index (χ2n) is 5.04. The Morgan fingerprint density at radius 2 is 2.15 bits per heavy atom. The van der Waals surface area contributed by atoms with Crippen molar-refractivity contribution in [3.63, 3.8) is 0 Å². The smallest absolute Gasteiger partial charge is 0.319 e. The molecule has 1 saturated heterocycles. The summed E-state index contributed by atoms with van der Waals surface area (Å²) in [6, 6.07) is 3.88. The van der Waals surface area contributed by atoms with Crippen molar-refractivity contribution in [2.24, 2.45) is 0 Å². The van der Waals surface area contributed by atoms with Crippen LogP contribution in [0.4, 0.5) is 20.6 Å². The van der Waals surface area contributed by atoms with Gasteiger partial charge in [0.1, 0.15) is 5.82 Å². The highest BCUT2D eigenvalue weighted by Gasteiger charge is 2.16. The highest BCUT2D eigenvalue weighted by Crippen LogP contribution is 2.25. The lowest BCUT2D eigenvalue weighted by Crippen LogP contribution is -2.38. The summed E-state index contributed by atoms with van der Waals surface area (Å²) < 4.78 is 14.0. The fraction of sp³-hybridized carbons (Fsp3) is 0.500. The van der Waals surface area contributed by atoms with Gasteiger partial charge in [0, 0.05) is 18.8 Å². The molecule has 5 nitrogen and oxygen atoms in total. The number of anilines is 2. The monoisotopic (exact) mass is 281 g/mol. The van der Waals surface area contributed by atoms with Crippen LogP contribution in [0.3, 0.4) is 0 Å². The van der Waals surface area contributed by atoms with Gasteiger partial charge in [-0.2, -0.15) is 0 Å². The Kier molecular flexibility index (Phi) is 4.79. The minimum Gasteiger partial charge on any atom is -0.394 e. The molecule has 2 amide bonds. The molecule has 0 aromatic heterocycles. The van der Waals surface area contributed by atoms with Crippen LogP contribution in [0, 0.1) is 5.82 Å². The number of carbonyl (C=O) groups excluding carboxylic acids is 1. The van der Waals surface area contributed by atoms with Gasteiger partial charge in [0.25, 0.3) is 0 Å². The number of aliphatic hydroxyl groups excluding tert-OH is 1. The molecule has 0 saturated carbocycles. The van der Waals surface area contributed by atoms with E-state index >= 15 is 0 Å². The van der Waals surface area contributed by atoms with Crippen LogP contribution in [0.2, 0.25) is 0 Å². The summed E-state index contributed by atoms with van der Waals surface area (Å²) in [6.07, 6.45) is 2.17. The Morgan fingerprint density at radius 3 is 2.75 bits per heavy atom. The zero-order valence-corrected chi connectivity index (χ0v) is 11.5. The van der Waals surface area contributed by atoms with Crippen molar-refractivity contribution in [1.29, 1.82) is 0 Å². The highest BCUT2D eigenvalue weighted by molar-refractivity contribution is 5.89. The van der Waals surface area contributed by atoms with Crippen LogP contribution in [-0.2, 0) is 0 Å². The van der Waals surface area contributed by atoms with Crippen LogP contribution >= 0.6 is 0 Å². The standard InChI is InChI=1S/C14H20FN3O2/c1-10(9-19)16-14(20)17-11-4-5-13(12(15)8-11)18-6-2-3-7-18/h4-5,8,10,19H,2-3,6-7,9H2,1H3,(H2,16,17,20). The van der Waals surface area contributed by atoms with Crippen molar-refractivity contribution in [3.8, 4) is 0 Å². The van der Waals surface area contributed by atoms with Gasteiger partial charge in [0.15, 0.2) is 0 Å². The second-order valence-corrected chi connectivity index (χ2v) is 5.04. The first-order valence-electron chi connectivity index (χ1n) is 6.83. The number of benzene rings is 1. The summed E-state index contributed by atoms with van der Waals surface area (Å²) in [7, 11) is 0. The first-order valence-corrected chi connectivity index (χ1v) is 6.83. The topological polar surface area (TPSA) is 64.6 Å². The predicted octanol–water partition coefficient (Wildman–Crippen LogP) is 1.93. The number of halogens is 1. The maximum absolute atomic E-state index is 14.0. The summed E-state index contributed by atoms with van der Waals surface area (Å²) >= 11 is 0. The van der Waals surface area contributed by atoms with Crippen molar-refractivity contribution in [2.45, 2.75) is 25.8 Å². The van der Waals surface area contributed by atoms with Gasteiger partial charge in [-0.25, -0.2) is 9.18 Å². The lowest BCUT2D eigenvalue weighted by Gasteiger charge is -2.19. The van der Waals surface area contributed by atoms with E-state index in [1.165, 1.54) is 6.07 Å². The first-order chi connectivity index (χ1) is 9.60. The van der Waals surface area contributed by atoms with Crippen LogP contribution in [0.15, 0.2) is 18.2 Å². The van der Waals surface area contributed by atoms with Crippen molar-refractivity contribution in [1.82, 2.24) is 5.32 Å². The number of rotatable bonds is 4. The van der Waals surface area contributed by atoms with Gasteiger partial charge in [0.2, 0.25) is 0 Å². The molecule has 1 unspecified atom stereocenters. The number of urea groups is 1. The number of amides is 2. The number of aliphatic hydroxyl groups is 1. The Morgan fingerprint density at radius 1 is 1.45 bits per heavy atom. The van der Waals surface area contributed by atoms with Crippen LogP contribution in [0.1, 0.15) is 19.8 Å². The Balaban J connectivity index is 1.99. The minimum atomic E-state index is -0.458. The molecule has 0 bridgehead atoms. The third kappa shape index (κ3) is 3.60. The molecule has 1 aromatic rings. The number of nitrogens with zero attached hydrogens (tertiary/aromatic N) is 1. The van der Waals surface area contributed by atoms with Gasteiger partial charge in [-0.05, 0) is 38.0 Å². The molecule has 0 radical (unpaired) electrons. The molecule has 1 aliphatic heterocycles. The normalized spacial score (nSPS) is 16.1. The van der Waals surface area contributed by atoms with Crippen LogP contribution in [0.25, 0.3) is 0 Å². The van der Waals surface area contributed by atoms with Crippen LogP contribution < -0.4 is 15.5 Å². The molecule has 1 aromatic carbocycles. The molecule has 0 spiro atoms. The largest absolute Gasteiger partial charge is 0.394 e. The van der Waals surface area contributed by atoms with E-state index < -0.39 is 6.03 Å². The summed E-state index contributed by atoms with van der Waals surface area (Å²) in [5, 5.41) is 13.9. The Labute approximate surface area is 117 Å². The number of hydrogen-bond donors (Lipinski definition) is 3. The van der Waals surface area contributed by atoms with Gasteiger partial charge < -0.3 is 20.6 Å². The quantitative estimate of drug-likeness (QED) is 0.790. The SMILES string of the molecule is CC(CO)NC(=O)Nc1ccc(N2CCCC2)c(F)c1. The van der Waals surface area contributed by atoms with E-state index in [1.807, 2.05) is 4.90 Å². The van der Waals surface area contributed by atoms with Gasteiger partial charge >= 0.3 is 6.03 Å². The van der Waals surface area contributed by atoms with E-state index in [-0.39, 0.29) is 18.5 Å². The summed E-state index contributed by atoms with van der Waals surface area (Å²) in [4.78, 5) is 13.6. The molecule has 2 rings (SSSR count). The predicted molar refractivity (Wildman–Crippen MR) is 76.5 cm³/mol. The number of carbonyl (C=O) groups is 1. The zero-order chi connectivity index (χ0) is 14.5. The Hall–Kier alpha value is -1.82.